The van der Waals surface area contributed by atoms with Crippen LogP contribution in [0.25, 0.3) is 16.5 Å². The molecule has 1 N–H and O–H groups in total. The number of fused-ring (bicyclic) bond motifs is 1. The minimum Gasteiger partial charge on any atom is -0.507 e. The lowest BCUT2D eigenvalue weighted by Crippen LogP contribution is -2.29. The Hall–Kier alpha value is -4.87. The second kappa shape index (κ2) is 12.4. The Morgan fingerprint density at radius 1 is 0.886 bits per heavy atom. The largest absolute Gasteiger partial charge is 0.507 e. The molecule has 2 heterocycles. The molecule has 1 amide bonds. The van der Waals surface area contributed by atoms with Crippen LogP contribution in [-0.4, -0.2) is 48.3 Å². The fourth-order valence-electron chi connectivity index (χ4n) is 5.21. The number of anilines is 1. The summed E-state index contributed by atoms with van der Waals surface area (Å²) in [5, 5.41) is 22.7. The number of nitrogens with zero attached hydrogens (tertiary/aromatic N) is 3. The number of hydrogen-bond acceptors (Lipinski definition) is 10. The van der Waals surface area contributed by atoms with E-state index >= 15 is 0 Å². The molecule has 1 atom stereocenters. The molecule has 1 unspecified atom stereocenters. The molecule has 6 rings (SSSR count). The van der Waals surface area contributed by atoms with Crippen LogP contribution in [0.1, 0.15) is 22.7 Å². The van der Waals surface area contributed by atoms with Crippen LogP contribution in [0.2, 0.25) is 0 Å². The van der Waals surface area contributed by atoms with Crippen molar-refractivity contribution in [1.82, 2.24) is 10.2 Å². The van der Waals surface area contributed by atoms with E-state index < -0.39 is 17.7 Å². The van der Waals surface area contributed by atoms with Crippen molar-refractivity contribution in [3.63, 3.8) is 0 Å². The van der Waals surface area contributed by atoms with Gasteiger partial charge in [0, 0.05) is 11.3 Å². The van der Waals surface area contributed by atoms with Crippen LogP contribution in [0.4, 0.5) is 5.13 Å². The predicted molar refractivity (Wildman–Crippen MR) is 171 cm³/mol. The summed E-state index contributed by atoms with van der Waals surface area (Å²) in [6.07, 6.45) is 0. The van der Waals surface area contributed by atoms with Crippen molar-refractivity contribution in [3.05, 3.63) is 107 Å². The van der Waals surface area contributed by atoms with Crippen LogP contribution in [0.3, 0.4) is 0 Å². The number of thioether (sulfide) groups is 1. The van der Waals surface area contributed by atoms with Gasteiger partial charge >= 0.3 is 5.91 Å². The number of ketones is 1. The highest BCUT2D eigenvalue weighted by molar-refractivity contribution is 8.00. The third-order valence-electron chi connectivity index (χ3n) is 7.34. The first-order valence-corrected chi connectivity index (χ1v) is 15.3. The topological polar surface area (TPSA) is 111 Å². The number of benzene rings is 4. The predicted octanol–water partition coefficient (Wildman–Crippen LogP) is 6.64. The Kier molecular flexibility index (Phi) is 8.23. The molecule has 0 aliphatic carbocycles. The normalized spacial score (nSPS) is 16.0. The zero-order valence-electron chi connectivity index (χ0n) is 24.0. The lowest BCUT2D eigenvalue weighted by Gasteiger charge is -2.23. The quantitative estimate of drug-likeness (QED) is 0.0634. The highest BCUT2D eigenvalue weighted by Crippen LogP contribution is 2.45. The average molecular weight is 626 g/mol. The summed E-state index contributed by atoms with van der Waals surface area (Å²) in [5.74, 6) is -0.0192. The zero-order chi connectivity index (χ0) is 30.8. The molecule has 1 aliphatic rings. The minimum absolute atomic E-state index is 0.0874. The van der Waals surface area contributed by atoms with Crippen LogP contribution < -0.4 is 19.1 Å². The van der Waals surface area contributed by atoms with Gasteiger partial charge in [-0.1, -0.05) is 77.7 Å². The second-order valence-corrected chi connectivity index (χ2v) is 12.0. The van der Waals surface area contributed by atoms with E-state index in [1.54, 1.807) is 42.5 Å². The number of amides is 1. The number of aliphatic hydroxyl groups excluding tert-OH is 1. The summed E-state index contributed by atoms with van der Waals surface area (Å²) in [6.45, 7) is 0. The van der Waals surface area contributed by atoms with E-state index in [9.17, 15) is 14.7 Å². The van der Waals surface area contributed by atoms with Gasteiger partial charge in [-0.2, -0.15) is 0 Å². The third-order valence-corrected chi connectivity index (χ3v) is 9.45. The SMILES string of the molecule is COc1cccc(C2C(=C(O)c3ccc(OC)c(OC)c3)C(=O)C(=O)N2c2nnc(SCc3cccc4ccccc34)s2)c1. The average Bonchev–Trinajstić information content (AvgIpc) is 3.64. The van der Waals surface area contributed by atoms with Gasteiger partial charge in [-0.15, -0.1) is 10.2 Å². The zero-order valence-corrected chi connectivity index (χ0v) is 25.6. The maximum absolute atomic E-state index is 13.6. The Morgan fingerprint density at radius 2 is 1.66 bits per heavy atom. The van der Waals surface area contributed by atoms with E-state index in [1.807, 2.05) is 18.2 Å². The van der Waals surface area contributed by atoms with Crippen LogP contribution in [0, 0.1) is 0 Å². The Morgan fingerprint density at radius 3 is 2.45 bits per heavy atom. The highest BCUT2D eigenvalue weighted by Gasteiger charge is 2.48. The lowest BCUT2D eigenvalue weighted by atomic mass is 9.95. The molecule has 9 nitrogen and oxygen atoms in total. The Labute approximate surface area is 261 Å². The molecule has 11 heteroatoms. The van der Waals surface area contributed by atoms with Crippen molar-refractivity contribution >= 4 is 56.5 Å². The summed E-state index contributed by atoms with van der Waals surface area (Å²) >= 11 is 2.71. The number of aliphatic hydroxyl groups is 1. The van der Waals surface area contributed by atoms with Crippen LogP contribution in [-0.2, 0) is 15.3 Å². The maximum atomic E-state index is 13.6. The van der Waals surface area contributed by atoms with Crippen molar-refractivity contribution in [2.45, 2.75) is 16.1 Å². The third kappa shape index (κ3) is 5.36. The van der Waals surface area contributed by atoms with E-state index in [0.29, 0.717) is 32.9 Å². The van der Waals surface area contributed by atoms with Gasteiger partial charge in [0.2, 0.25) is 5.13 Å². The second-order valence-electron chi connectivity index (χ2n) is 9.79. The monoisotopic (exact) mass is 625 g/mol. The smallest absolute Gasteiger partial charge is 0.301 e. The molecule has 1 aromatic heterocycles. The molecular weight excluding hydrogens is 599 g/mol. The van der Waals surface area contributed by atoms with E-state index in [4.69, 9.17) is 14.2 Å². The fraction of sp³-hybridized carbons (Fsp3) is 0.152. The van der Waals surface area contributed by atoms with Crippen molar-refractivity contribution in [2.75, 3.05) is 26.2 Å². The summed E-state index contributed by atoms with van der Waals surface area (Å²) in [6, 6.07) is 25.2. The molecule has 0 radical (unpaired) electrons. The van der Waals surface area contributed by atoms with Crippen molar-refractivity contribution in [3.8, 4) is 17.2 Å². The van der Waals surface area contributed by atoms with E-state index in [-0.39, 0.29) is 22.0 Å². The number of rotatable bonds is 9. The van der Waals surface area contributed by atoms with Gasteiger partial charge in [0.05, 0.1) is 32.9 Å². The number of carbonyl (C=O) groups excluding carboxylic acids is 2. The summed E-state index contributed by atoms with van der Waals surface area (Å²) in [5.41, 5.74) is 1.91. The van der Waals surface area contributed by atoms with Crippen molar-refractivity contribution in [2.24, 2.45) is 0 Å². The molecule has 0 saturated carbocycles. The summed E-state index contributed by atoms with van der Waals surface area (Å²) in [4.78, 5) is 28.5. The first-order valence-electron chi connectivity index (χ1n) is 13.5. The molecule has 1 saturated heterocycles. The number of ether oxygens (including phenoxy) is 3. The molecule has 4 aromatic carbocycles. The van der Waals surface area contributed by atoms with Gasteiger partial charge in [0.1, 0.15) is 11.5 Å². The fourth-order valence-corrected chi connectivity index (χ4v) is 7.08. The number of aromatic nitrogens is 2. The number of methoxy groups -OCH3 is 3. The maximum Gasteiger partial charge on any atom is 0.301 e. The molecule has 44 heavy (non-hydrogen) atoms. The molecule has 222 valence electrons. The number of hydrogen-bond donors (Lipinski definition) is 1. The summed E-state index contributed by atoms with van der Waals surface area (Å²) < 4.78 is 16.8. The van der Waals surface area contributed by atoms with Gasteiger partial charge in [-0.25, -0.2) is 0 Å². The molecule has 1 fully saturated rings. The van der Waals surface area contributed by atoms with E-state index in [1.165, 1.54) is 49.3 Å². The first-order chi connectivity index (χ1) is 21.4. The first kappa shape index (κ1) is 29.2. The molecule has 0 spiro atoms. The standard InChI is InChI=1S/C33H27N3O6S2/c1-40-23-12-7-10-20(16-23)28-27(29(37)21-14-15-25(41-2)26(17-21)42-3)30(38)31(39)36(28)32-34-35-33(44-32)43-18-22-11-6-9-19-8-4-5-13-24(19)22/h4-17,28,37H,18H2,1-3H3. The van der Waals surface area contributed by atoms with Gasteiger partial charge < -0.3 is 19.3 Å². The molecular formula is C33H27N3O6S2. The Bertz CT molecular complexity index is 1920. The molecule has 1 aliphatic heterocycles. The van der Waals surface area contributed by atoms with E-state index in [0.717, 1.165) is 16.3 Å². The van der Waals surface area contributed by atoms with Gasteiger partial charge in [0.15, 0.2) is 15.8 Å². The minimum atomic E-state index is -0.984. The number of carbonyl (C=O) groups is 2. The van der Waals surface area contributed by atoms with Gasteiger partial charge in [-0.3, -0.25) is 14.5 Å². The Balaban J connectivity index is 1.39. The van der Waals surface area contributed by atoms with Gasteiger partial charge in [-0.05, 0) is 52.2 Å². The molecule has 0 bridgehead atoms. The van der Waals surface area contributed by atoms with Gasteiger partial charge in [0.25, 0.3) is 5.78 Å². The van der Waals surface area contributed by atoms with E-state index in [2.05, 4.69) is 34.5 Å². The van der Waals surface area contributed by atoms with Crippen molar-refractivity contribution in [1.29, 1.82) is 0 Å². The van der Waals surface area contributed by atoms with Crippen LogP contribution >= 0.6 is 23.1 Å². The van der Waals surface area contributed by atoms with Crippen molar-refractivity contribution < 1.29 is 28.9 Å². The highest BCUT2D eigenvalue weighted by atomic mass is 32.2. The van der Waals surface area contributed by atoms with Crippen LogP contribution in [0.15, 0.2) is 94.8 Å². The number of Topliss-reactive ketones (excluding diaryl/α,β-unsaturated/α-hetero) is 1. The van der Waals surface area contributed by atoms with Crippen LogP contribution in [0.5, 0.6) is 17.2 Å². The summed E-state index contributed by atoms with van der Waals surface area (Å²) in [7, 11) is 4.51. The lowest BCUT2D eigenvalue weighted by molar-refractivity contribution is -0.132. The molecule has 5 aromatic rings.